The number of hydrogen-bond donors (Lipinski definition) is 0. The first-order valence-electron chi connectivity index (χ1n) is 5.93. The molecule has 0 fully saturated rings. The van der Waals surface area contributed by atoms with Gasteiger partial charge in [0.1, 0.15) is 0 Å². The van der Waals surface area contributed by atoms with Crippen LogP contribution in [0.1, 0.15) is 5.56 Å². The van der Waals surface area contributed by atoms with Crippen molar-refractivity contribution < 1.29 is 13.2 Å². The van der Waals surface area contributed by atoms with Crippen molar-refractivity contribution in [1.29, 1.82) is 0 Å². The number of hydrogen-bond acceptors (Lipinski definition) is 2. The quantitative estimate of drug-likeness (QED) is 0.660. The van der Waals surface area contributed by atoms with E-state index >= 15 is 0 Å². The topological polar surface area (TPSA) is 25.8 Å². The van der Waals surface area contributed by atoms with E-state index in [0.717, 1.165) is 12.1 Å². The molecule has 0 bridgehead atoms. The van der Waals surface area contributed by atoms with Crippen LogP contribution in [0.25, 0.3) is 22.3 Å². The van der Waals surface area contributed by atoms with Crippen LogP contribution in [-0.4, -0.2) is 9.97 Å². The fourth-order valence-electron chi connectivity index (χ4n) is 1.95. The molecule has 3 rings (SSSR count). The predicted molar refractivity (Wildman–Crippen MR) is 70.0 cm³/mol. The first-order chi connectivity index (χ1) is 9.54. The molecular weight excluding hydrogens is 265 g/mol. The van der Waals surface area contributed by atoms with Gasteiger partial charge in [-0.2, -0.15) is 13.2 Å². The van der Waals surface area contributed by atoms with Gasteiger partial charge >= 0.3 is 6.18 Å². The molecule has 1 aromatic heterocycles. The molecule has 100 valence electrons. The van der Waals surface area contributed by atoms with Crippen LogP contribution in [0.3, 0.4) is 0 Å². The number of para-hydroxylation sites is 2. The van der Waals surface area contributed by atoms with Gasteiger partial charge < -0.3 is 0 Å². The largest absolute Gasteiger partial charge is 0.416 e. The highest BCUT2D eigenvalue weighted by molar-refractivity contribution is 5.76. The maximum atomic E-state index is 12.7. The number of halogens is 3. The molecule has 0 atom stereocenters. The van der Waals surface area contributed by atoms with Crippen molar-refractivity contribution in [2.45, 2.75) is 6.18 Å². The summed E-state index contributed by atoms with van der Waals surface area (Å²) in [4.78, 5) is 8.54. The second-order valence-electron chi connectivity index (χ2n) is 4.32. The van der Waals surface area contributed by atoms with Gasteiger partial charge in [0.2, 0.25) is 0 Å². The zero-order chi connectivity index (χ0) is 14.2. The molecule has 0 N–H and O–H groups in total. The van der Waals surface area contributed by atoms with E-state index < -0.39 is 11.7 Å². The lowest BCUT2D eigenvalue weighted by molar-refractivity contribution is -0.137. The van der Waals surface area contributed by atoms with Crippen LogP contribution in [-0.2, 0) is 6.18 Å². The molecule has 1 heterocycles. The summed E-state index contributed by atoms with van der Waals surface area (Å²) in [5.74, 6) is 0. The number of aromatic nitrogens is 2. The monoisotopic (exact) mass is 274 g/mol. The fourth-order valence-corrected chi connectivity index (χ4v) is 1.95. The van der Waals surface area contributed by atoms with Crippen molar-refractivity contribution in [2.24, 2.45) is 0 Å². The van der Waals surface area contributed by atoms with E-state index in [-0.39, 0.29) is 0 Å². The molecule has 2 aromatic carbocycles. The summed E-state index contributed by atoms with van der Waals surface area (Å²) in [5, 5.41) is 0. The first kappa shape index (κ1) is 12.6. The number of benzene rings is 2. The van der Waals surface area contributed by atoms with E-state index in [4.69, 9.17) is 0 Å². The minimum Gasteiger partial charge on any atom is -0.252 e. The maximum absolute atomic E-state index is 12.7. The van der Waals surface area contributed by atoms with Crippen LogP contribution < -0.4 is 0 Å². The standard InChI is InChI=1S/C15H9F3N2/c16-15(17,18)11-5-3-4-10(8-11)14-9-19-12-6-1-2-7-13(12)20-14/h1-9H. The van der Waals surface area contributed by atoms with Gasteiger partial charge in [0, 0.05) is 5.56 Å². The zero-order valence-corrected chi connectivity index (χ0v) is 10.2. The highest BCUT2D eigenvalue weighted by atomic mass is 19.4. The van der Waals surface area contributed by atoms with Crippen molar-refractivity contribution in [3.8, 4) is 11.3 Å². The molecular formula is C15H9F3N2. The SMILES string of the molecule is FC(F)(F)c1cccc(-c2cnc3ccccc3n2)c1. The van der Waals surface area contributed by atoms with Gasteiger partial charge in [-0.1, -0.05) is 24.3 Å². The third-order valence-corrected chi connectivity index (χ3v) is 2.93. The summed E-state index contributed by atoms with van der Waals surface area (Å²) in [6.07, 6.45) is -2.88. The minimum atomic E-state index is -4.36. The number of nitrogens with zero attached hydrogens (tertiary/aromatic N) is 2. The summed E-state index contributed by atoms with van der Waals surface area (Å²) < 4.78 is 38.1. The van der Waals surface area contributed by atoms with Gasteiger partial charge in [-0.3, -0.25) is 4.98 Å². The van der Waals surface area contributed by atoms with Crippen LogP contribution >= 0.6 is 0 Å². The Balaban J connectivity index is 2.11. The van der Waals surface area contributed by atoms with Gasteiger partial charge in [0.05, 0.1) is 28.5 Å². The highest BCUT2D eigenvalue weighted by Gasteiger charge is 2.30. The minimum absolute atomic E-state index is 0.401. The summed E-state index contributed by atoms with van der Waals surface area (Å²) in [6, 6.07) is 12.3. The van der Waals surface area contributed by atoms with Gasteiger partial charge in [-0.05, 0) is 24.3 Å². The first-order valence-corrected chi connectivity index (χ1v) is 5.93. The fraction of sp³-hybridized carbons (Fsp3) is 0.0667. The van der Waals surface area contributed by atoms with Crippen molar-refractivity contribution in [3.63, 3.8) is 0 Å². The summed E-state index contributed by atoms with van der Waals surface area (Å²) in [6.45, 7) is 0. The molecule has 0 aliphatic carbocycles. The molecule has 2 nitrogen and oxygen atoms in total. The zero-order valence-electron chi connectivity index (χ0n) is 10.2. The molecule has 3 aromatic rings. The van der Waals surface area contributed by atoms with Gasteiger partial charge in [0.25, 0.3) is 0 Å². The van der Waals surface area contributed by atoms with Crippen molar-refractivity contribution in [1.82, 2.24) is 9.97 Å². The van der Waals surface area contributed by atoms with Gasteiger partial charge in [0.15, 0.2) is 0 Å². The van der Waals surface area contributed by atoms with E-state index in [9.17, 15) is 13.2 Å². The Morgan fingerprint density at radius 2 is 1.60 bits per heavy atom. The smallest absolute Gasteiger partial charge is 0.252 e. The molecule has 0 aliphatic heterocycles. The van der Waals surface area contributed by atoms with E-state index in [0.29, 0.717) is 22.3 Å². The van der Waals surface area contributed by atoms with Gasteiger partial charge in [-0.25, -0.2) is 4.98 Å². The van der Waals surface area contributed by atoms with Gasteiger partial charge in [-0.15, -0.1) is 0 Å². The lowest BCUT2D eigenvalue weighted by Crippen LogP contribution is -2.04. The van der Waals surface area contributed by atoms with Crippen molar-refractivity contribution in [2.75, 3.05) is 0 Å². The summed E-state index contributed by atoms with van der Waals surface area (Å²) >= 11 is 0. The maximum Gasteiger partial charge on any atom is 0.416 e. The molecule has 0 aliphatic rings. The molecule has 0 spiro atoms. The Hall–Kier alpha value is -2.43. The molecule has 20 heavy (non-hydrogen) atoms. The molecule has 0 saturated heterocycles. The number of rotatable bonds is 1. The van der Waals surface area contributed by atoms with Crippen LogP contribution in [0.15, 0.2) is 54.7 Å². The third kappa shape index (κ3) is 2.34. The Morgan fingerprint density at radius 1 is 0.850 bits per heavy atom. The molecule has 0 saturated carbocycles. The average molecular weight is 274 g/mol. The molecule has 0 unspecified atom stereocenters. The van der Waals surface area contributed by atoms with Crippen LogP contribution in [0, 0.1) is 0 Å². The van der Waals surface area contributed by atoms with Crippen LogP contribution in [0.2, 0.25) is 0 Å². The Labute approximate surface area is 112 Å². The normalized spacial score (nSPS) is 11.8. The highest BCUT2D eigenvalue weighted by Crippen LogP contribution is 2.31. The Bertz CT molecular complexity index is 766. The lowest BCUT2D eigenvalue weighted by atomic mass is 10.1. The lowest BCUT2D eigenvalue weighted by Gasteiger charge is -2.08. The predicted octanol–water partition coefficient (Wildman–Crippen LogP) is 4.32. The second-order valence-corrected chi connectivity index (χ2v) is 4.32. The van der Waals surface area contributed by atoms with Crippen LogP contribution in [0.4, 0.5) is 13.2 Å². The Morgan fingerprint density at radius 3 is 2.35 bits per heavy atom. The van der Waals surface area contributed by atoms with E-state index in [1.54, 1.807) is 18.2 Å². The molecule has 0 amide bonds. The average Bonchev–Trinajstić information content (AvgIpc) is 2.46. The second kappa shape index (κ2) is 4.59. The third-order valence-electron chi connectivity index (χ3n) is 2.93. The number of fused-ring (bicyclic) bond motifs is 1. The van der Waals surface area contributed by atoms with E-state index in [2.05, 4.69) is 9.97 Å². The number of alkyl halides is 3. The molecule has 5 heteroatoms. The Kier molecular flexibility index (Phi) is 2.89. The molecule has 0 radical (unpaired) electrons. The van der Waals surface area contributed by atoms with Crippen molar-refractivity contribution in [3.05, 3.63) is 60.3 Å². The van der Waals surface area contributed by atoms with E-state index in [1.807, 2.05) is 12.1 Å². The summed E-state index contributed by atoms with van der Waals surface area (Å²) in [7, 11) is 0. The van der Waals surface area contributed by atoms with Crippen LogP contribution in [0.5, 0.6) is 0 Å². The van der Waals surface area contributed by atoms with E-state index in [1.165, 1.54) is 12.3 Å². The van der Waals surface area contributed by atoms with Crippen molar-refractivity contribution >= 4 is 11.0 Å². The summed E-state index contributed by atoms with van der Waals surface area (Å²) in [5.41, 5.74) is 1.50.